The molecule has 2 aromatic heterocycles. The highest BCUT2D eigenvalue weighted by Crippen LogP contribution is 2.24. The van der Waals surface area contributed by atoms with Crippen molar-refractivity contribution < 1.29 is 5.11 Å². The molecule has 4 nitrogen and oxygen atoms in total. The molecule has 0 bridgehead atoms. The Balaban J connectivity index is 1.67. The molecule has 1 saturated heterocycles. The maximum atomic E-state index is 9.80. The van der Waals surface area contributed by atoms with Crippen LogP contribution in [-0.4, -0.2) is 38.5 Å². The Bertz CT molecular complexity index is 582. The zero-order chi connectivity index (χ0) is 14.1. The molecule has 0 atom stereocenters. The van der Waals surface area contributed by atoms with Crippen LogP contribution in [0.5, 0.6) is 5.75 Å². The van der Waals surface area contributed by atoms with Crippen molar-refractivity contribution in [3.05, 3.63) is 30.2 Å². The van der Waals surface area contributed by atoms with E-state index in [1.807, 2.05) is 22.9 Å². The van der Waals surface area contributed by atoms with Crippen molar-refractivity contribution in [2.24, 2.45) is 5.92 Å². The van der Waals surface area contributed by atoms with E-state index in [-0.39, 0.29) is 5.75 Å². The molecule has 1 N–H and O–H groups in total. The third kappa shape index (κ3) is 2.66. The summed E-state index contributed by atoms with van der Waals surface area (Å²) in [6.45, 7) is 6.93. The molecule has 0 amide bonds. The Hall–Kier alpha value is -1.55. The number of hydrogen-bond donors (Lipinski definition) is 1. The van der Waals surface area contributed by atoms with Crippen molar-refractivity contribution >= 4 is 5.65 Å². The molecule has 0 radical (unpaired) electrons. The minimum Gasteiger partial charge on any atom is -0.504 e. The summed E-state index contributed by atoms with van der Waals surface area (Å²) >= 11 is 0. The van der Waals surface area contributed by atoms with Gasteiger partial charge in [-0.05, 0) is 64.3 Å². The third-order valence-corrected chi connectivity index (χ3v) is 4.39. The molecule has 4 heteroatoms. The highest BCUT2D eigenvalue weighted by atomic mass is 16.3. The van der Waals surface area contributed by atoms with Crippen LogP contribution in [0.2, 0.25) is 0 Å². The van der Waals surface area contributed by atoms with Gasteiger partial charge in [-0.2, -0.15) is 0 Å². The van der Waals surface area contributed by atoms with Gasteiger partial charge in [0, 0.05) is 18.4 Å². The maximum Gasteiger partial charge on any atom is 0.179 e. The Labute approximate surface area is 120 Å². The topological polar surface area (TPSA) is 40.8 Å². The minimum atomic E-state index is 0.258. The van der Waals surface area contributed by atoms with Crippen molar-refractivity contribution in [2.75, 3.05) is 13.1 Å². The Morgan fingerprint density at radius 2 is 2.10 bits per heavy atom. The fraction of sp³-hybridized carbons (Fsp3) is 0.562. The van der Waals surface area contributed by atoms with E-state index in [2.05, 4.69) is 23.7 Å². The van der Waals surface area contributed by atoms with E-state index < -0.39 is 0 Å². The lowest BCUT2D eigenvalue weighted by atomic mass is 9.92. The molecule has 20 heavy (non-hydrogen) atoms. The van der Waals surface area contributed by atoms with Gasteiger partial charge in [-0.3, -0.25) is 0 Å². The summed E-state index contributed by atoms with van der Waals surface area (Å²) in [5.41, 5.74) is 1.76. The van der Waals surface area contributed by atoms with Gasteiger partial charge in [-0.25, -0.2) is 4.98 Å². The van der Waals surface area contributed by atoms with Crippen molar-refractivity contribution in [3.63, 3.8) is 0 Å². The summed E-state index contributed by atoms with van der Waals surface area (Å²) in [7, 11) is 0. The lowest BCUT2D eigenvalue weighted by molar-refractivity contribution is 0.149. The minimum absolute atomic E-state index is 0.258. The van der Waals surface area contributed by atoms with Crippen LogP contribution >= 0.6 is 0 Å². The first-order valence-corrected chi connectivity index (χ1v) is 7.53. The first kappa shape index (κ1) is 13.4. The van der Waals surface area contributed by atoms with Crippen LogP contribution in [0.4, 0.5) is 0 Å². The SMILES string of the molecule is CC(C)N1CCC(Cc2cn3cccc(O)c3n2)CC1. The number of fused-ring (bicyclic) bond motifs is 1. The second kappa shape index (κ2) is 5.44. The third-order valence-electron chi connectivity index (χ3n) is 4.39. The molecule has 0 spiro atoms. The highest BCUT2D eigenvalue weighted by Gasteiger charge is 2.21. The van der Waals surface area contributed by atoms with Crippen LogP contribution in [-0.2, 0) is 6.42 Å². The van der Waals surface area contributed by atoms with Gasteiger partial charge < -0.3 is 14.4 Å². The van der Waals surface area contributed by atoms with Gasteiger partial charge in [0.15, 0.2) is 11.4 Å². The van der Waals surface area contributed by atoms with Crippen LogP contribution in [0.1, 0.15) is 32.4 Å². The van der Waals surface area contributed by atoms with Gasteiger partial charge in [-0.1, -0.05) is 0 Å². The molecule has 3 heterocycles. The monoisotopic (exact) mass is 273 g/mol. The quantitative estimate of drug-likeness (QED) is 0.934. The second-order valence-corrected chi connectivity index (χ2v) is 6.13. The van der Waals surface area contributed by atoms with Gasteiger partial charge in [-0.15, -0.1) is 0 Å². The van der Waals surface area contributed by atoms with E-state index in [9.17, 15) is 5.11 Å². The number of aromatic nitrogens is 2. The molecule has 1 aliphatic heterocycles. The van der Waals surface area contributed by atoms with Gasteiger partial charge in [0.05, 0.1) is 5.69 Å². The highest BCUT2D eigenvalue weighted by molar-refractivity contribution is 5.53. The lowest BCUT2D eigenvalue weighted by Crippen LogP contribution is -2.38. The number of piperidine rings is 1. The Morgan fingerprint density at radius 1 is 1.35 bits per heavy atom. The molecule has 108 valence electrons. The largest absolute Gasteiger partial charge is 0.504 e. The zero-order valence-electron chi connectivity index (χ0n) is 12.3. The summed E-state index contributed by atoms with van der Waals surface area (Å²) in [6.07, 6.45) is 7.50. The molecule has 0 saturated carbocycles. The van der Waals surface area contributed by atoms with Gasteiger partial charge in [0.25, 0.3) is 0 Å². The second-order valence-electron chi connectivity index (χ2n) is 6.13. The summed E-state index contributed by atoms with van der Waals surface area (Å²) in [4.78, 5) is 7.11. The molecule has 0 aliphatic carbocycles. The number of nitrogens with zero attached hydrogens (tertiary/aromatic N) is 3. The van der Waals surface area contributed by atoms with Gasteiger partial charge >= 0.3 is 0 Å². The van der Waals surface area contributed by atoms with Crippen LogP contribution in [0.15, 0.2) is 24.5 Å². The number of pyridine rings is 1. The Kier molecular flexibility index (Phi) is 3.66. The van der Waals surface area contributed by atoms with Crippen molar-refractivity contribution in [1.29, 1.82) is 0 Å². The average molecular weight is 273 g/mol. The number of likely N-dealkylation sites (tertiary alicyclic amines) is 1. The summed E-state index contributed by atoms with van der Waals surface area (Å²) < 4.78 is 1.91. The van der Waals surface area contributed by atoms with E-state index in [1.165, 1.54) is 25.9 Å². The number of hydrogen-bond acceptors (Lipinski definition) is 3. The zero-order valence-corrected chi connectivity index (χ0v) is 12.3. The summed E-state index contributed by atoms with van der Waals surface area (Å²) in [6, 6.07) is 4.19. The number of rotatable bonds is 3. The fourth-order valence-corrected chi connectivity index (χ4v) is 3.12. The fourth-order valence-electron chi connectivity index (χ4n) is 3.12. The summed E-state index contributed by atoms with van der Waals surface area (Å²) in [5, 5.41) is 9.80. The molecule has 0 aromatic carbocycles. The Morgan fingerprint density at radius 3 is 2.75 bits per heavy atom. The maximum absolute atomic E-state index is 9.80. The van der Waals surface area contributed by atoms with Gasteiger partial charge in [0.1, 0.15) is 0 Å². The van der Waals surface area contributed by atoms with Crippen LogP contribution in [0.3, 0.4) is 0 Å². The van der Waals surface area contributed by atoms with Gasteiger partial charge in [0.2, 0.25) is 0 Å². The number of imidazole rings is 1. The molecule has 2 aromatic rings. The predicted molar refractivity (Wildman–Crippen MR) is 80.0 cm³/mol. The molecule has 3 rings (SSSR count). The molecular formula is C16H23N3O. The molecule has 1 fully saturated rings. The van der Waals surface area contributed by atoms with E-state index in [0.29, 0.717) is 11.7 Å². The van der Waals surface area contributed by atoms with Crippen LogP contribution < -0.4 is 0 Å². The van der Waals surface area contributed by atoms with Crippen molar-refractivity contribution in [3.8, 4) is 5.75 Å². The standard InChI is InChI=1S/C16H23N3O/c1-12(2)18-8-5-13(6-9-18)10-14-11-19-7-3-4-15(20)16(19)17-14/h3-4,7,11-13,20H,5-6,8-10H2,1-2H3. The van der Waals surface area contributed by atoms with E-state index in [4.69, 9.17) is 0 Å². The first-order chi connectivity index (χ1) is 9.63. The molecule has 0 unspecified atom stereocenters. The number of aromatic hydroxyl groups is 1. The predicted octanol–water partition coefficient (Wildman–Crippen LogP) is 2.70. The van der Waals surface area contributed by atoms with E-state index in [0.717, 1.165) is 18.0 Å². The van der Waals surface area contributed by atoms with Crippen molar-refractivity contribution in [2.45, 2.75) is 39.2 Å². The lowest BCUT2D eigenvalue weighted by Gasteiger charge is -2.34. The normalized spacial score (nSPS) is 18.1. The first-order valence-electron chi connectivity index (χ1n) is 7.53. The molecule has 1 aliphatic rings. The average Bonchev–Trinajstić information content (AvgIpc) is 2.83. The molecular weight excluding hydrogens is 250 g/mol. The summed E-state index contributed by atoms with van der Waals surface area (Å²) in [5.74, 6) is 0.977. The van der Waals surface area contributed by atoms with E-state index in [1.54, 1.807) is 6.07 Å². The smallest absolute Gasteiger partial charge is 0.179 e. The van der Waals surface area contributed by atoms with E-state index >= 15 is 0 Å². The van der Waals surface area contributed by atoms with Crippen LogP contribution in [0, 0.1) is 5.92 Å². The van der Waals surface area contributed by atoms with Crippen molar-refractivity contribution in [1.82, 2.24) is 14.3 Å². The van der Waals surface area contributed by atoms with Crippen LogP contribution in [0.25, 0.3) is 5.65 Å².